The molecule has 0 aliphatic carbocycles. The van der Waals surface area contributed by atoms with Gasteiger partial charge in [-0.1, -0.05) is 6.58 Å². The third kappa shape index (κ3) is 13.0. The number of carbonyl (C=O) groups excluding carboxylic acids is 1. The Labute approximate surface area is 102 Å². The van der Waals surface area contributed by atoms with Crippen LogP contribution in [0.25, 0.3) is 0 Å². The minimum absolute atomic E-state index is 0.193. The maximum atomic E-state index is 10.7. The van der Waals surface area contributed by atoms with Gasteiger partial charge in [-0.25, -0.2) is 0 Å². The van der Waals surface area contributed by atoms with Gasteiger partial charge in [0.15, 0.2) is 0 Å². The average Bonchev–Trinajstić information content (AvgIpc) is 2.35. The van der Waals surface area contributed by atoms with Crippen molar-refractivity contribution in [3.8, 4) is 0 Å². The van der Waals surface area contributed by atoms with Crippen LogP contribution in [0, 0.1) is 0 Å². The first-order valence-corrected chi connectivity index (χ1v) is 5.64. The van der Waals surface area contributed by atoms with Crippen molar-refractivity contribution in [1.29, 1.82) is 0 Å². The molecule has 17 heavy (non-hydrogen) atoms. The van der Waals surface area contributed by atoms with E-state index in [9.17, 15) is 4.79 Å². The van der Waals surface area contributed by atoms with Gasteiger partial charge in [-0.3, -0.25) is 4.79 Å². The van der Waals surface area contributed by atoms with Crippen molar-refractivity contribution in [2.45, 2.75) is 0 Å². The fraction of sp³-hybridized carbons (Fsp3) is 0.727. The molecule has 0 aromatic heterocycles. The Morgan fingerprint density at radius 1 is 1.06 bits per heavy atom. The first-order valence-electron chi connectivity index (χ1n) is 5.64. The van der Waals surface area contributed by atoms with Gasteiger partial charge >= 0.3 is 0 Å². The van der Waals surface area contributed by atoms with Gasteiger partial charge in [0, 0.05) is 13.1 Å². The maximum absolute atomic E-state index is 10.7. The molecule has 0 aromatic rings. The molecular weight excluding hydrogens is 224 g/mol. The summed E-state index contributed by atoms with van der Waals surface area (Å²) in [5.41, 5.74) is 5.25. The molecule has 0 saturated carbocycles. The summed E-state index contributed by atoms with van der Waals surface area (Å²) in [6.45, 7) is 7.47. The van der Waals surface area contributed by atoms with Crippen LogP contribution < -0.4 is 11.1 Å². The van der Waals surface area contributed by atoms with E-state index < -0.39 is 0 Å². The van der Waals surface area contributed by atoms with Crippen molar-refractivity contribution >= 4 is 5.91 Å². The lowest BCUT2D eigenvalue weighted by Gasteiger charge is -2.06. The lowest BCUT2D eigenvalue weighted by atomic mass is 10.5. The van der Waals surface area contributed by atoms with E-state index >= 15 is 0 Å². The lowest BCUT2D eigenvalue weighted by Crippen LogP contribution is -2.25. The van der Waals surface area contributed by atoms with E-state index in [1.54, 1.807) is 0 Å². The van der Waals surface area contributed by atoms with Crippen molar-refractivity contribution in [2.75, 3.05) is 52.7 Å². The number of hydrogen-bond acceptors (Lipinski definition) is 5. The van der Waals surface area contributed by atoms with E-state index in [1.165, 1.54) is 6.08 Å². The van der Waals surface area contributed by atoms with E-state index in [-0.39, 0.29) is 5.91 Å². The zero-order valence-corrected chi connectivity index (χ0v) is 10.2. The van der Waals surface area contributed by atoms with Crippen LogP contribution in [-0.2, 0) is 19.0 Å². The predicted molar refractivity (Wildman–Crippen MR) is 64.7 cm³/mol. The topological polar surface area (TPSA) is 82.8 Å². The van der Waals surface area contributed by atoms with E-state index in [4.69, 9.17) is 19.9 Å². The summed E-state index contributed by atoms with van der Waals surface area (Å²) in [6.07, 6.45) is 1.23. The minimum atomic E-state index is -0.193. The molecule has 100 valence electrons. The Hall–Kier alpha value is -0.950. The van der Waals surface area contributed by atoms with Gasteiger partial charge in [0.05, 0.1) is 39.6 Å². The van der Waals surface area contributed by atoms with Crippen molar-refractivity contribution < 1.29 is 19.0 Å². The minimum Gasteiger partial charge on any atom is -0.378 e. The standard InChI is InChI=1S/C11H22N2O4/c1-2-11(14)13-4-6-16-8-10-17-9-7-15-5-3-12/h2H,1,3-10,12H2,(H,13,14). The summed E-state index contributed by atoms with van der Waals surface area (Å²) >= 11 is 0. The molecule has 0 bridgehead atoms. The quantitative estimate of drug-likeness (QED) is 0.351. The Morgan fingerprint density at radius 2 is 1.59 bits per heavy atom. The molecule has 0 fully saturated rings. The predicted octanol–water partition coefficient (Wildman–Crippen LogP) is -0.703. The highest BCUT2D eigenvalue weighted by Crippen LogP contribution is 1.80. The van der Waals surface area contributed by atoms with Gasteiger partial charge in [-0.15, -0.1) is 0 Å². The normalized spacial score (nSPS) is 10.2. The average molecular weight is 246 g/mol. The van der Waals surface area contributed by atoms with Gasteiger partial charge in [0.1, 0.15) is 0 Å². The van der Waals surface area contributed by atoms with Crippen LogP contribution in [0.4, 0.5) is 0 Å². The smallest absolute Gasteiger partial charge is 0.243 e. The van der Waals surface area contributed by atoms with Gasteiger partial charge in [-0.05, 0) is 6.08 Å². The van der Waals surface area contributed by atoms with Gasteiger partial charge in [0.2, 0.25) is 5.91 Å². The second-order valence-corrected chi connectivity index (χ2v) is 3.12. The molecule has 0 aliphatic heterocycles. The number of nitrogens with two attached hydrogens (primary N) is 1. The molecule has 6 heteroatoms. The van der Waals surface area contributed by atoms with Crippen LogP contribution in [0.2, 0.25) is 0 Å². The molecule has 0 heterocycles. The second kappa shape index (κ2) is 13.1. The van der Waals surface area contributed by atoms with Crippen molar-refractivity contribution in [3.05, 3.63) is 12.7 Å². The summed E-state index contributed by atoms with van der Waals surface area (Å²) in [5.74, 6) is -0.193. The molecule has 1 amide bonds. The zero-order valence-electron chi connectivity index (χ0n) is 10.2. The SMILES string of the molecule is C=CC(=O)NCCOCCOCCOCCN. The van der Waals surface area contributed by atoms with Crippen LogP contribution in [-0.4, -0.2) is 58.6 Å². The van der Waals surface area contributed by atoms with Gasteiger partial charge < -0.3 is 25.3 Å². The first kappa shape index (κ1) is 16.1. The molecule has 6 nitrogen and oxygen atoms in total. The fourth-order valence-electron chi connectivity index (χ4n) is 0.944. The van der Waals surface area contributed by atoms with Crippen LogP contribution >= 0.6 is 0 Å². The molecule has 3 N–H and O–H groups in total. The first-order chi connectivity index (χ1) is 8.31. The van der Waals surface area contributed by atoms with Crippen molar-refractivity contribution in [3.63, 3.8) is 0 Å². The summed E-state index contributed by atoms with van der Waals surface area (Å²) < 4.78 is 15.6. The zero-order chi connectivity index (χ0) is 12.8. The molecular formula is C11H22N2O4. The number of hydrogen-bond donors (Lipinski definition) is 2. The number of rotatable bonds is 12. The Kier molecular flexibility index (Phi) is 12.4. The van der Waals surface area contributed by atoms with E-state index in [0.29, 0.717) is 52.7 Å². The van der Waals surface area contributed by atoms with Crippen LogP contribution in [0.3, 0.4) is 0 Å². The largest absolute Gasteiger partial charge is 0.378 e. The molecule has 0 unspecified atom stereocenters. The van der Waals surface area contributed by atoms with Gasteiger partial charge in [-0.2, -0.15) is 0 Å². The van der Waals surface area contributed by atoms with Crippen molar-refractivity contribution in [2.24, 2.45) is 5.73 Å². The molecule has 0 aromatic carbocycles. The number of nitrogens with one attached hydrogen (secondary N) is 1. The Bertz CT molecular complexity index is 200. The molecule has 0 aliphatic rings. The second-order valence-electron chi connectivity index (χ2n) is 3.12. The van der Waals surface area contributed by atoms with Crippen LogP contribution in [0.5, 0.6) is 0 Å². The van der Waals surface area contributed by atoms with E-state index in [2.05, 4.69) is 11.9 Å². The highest BCUT2D eigenvalue weighted by Gasteiger charge is 1.93. The molecule has 0 rings (SSSR count). The van der Waals surface area contributed by atoms with Crippen molar-refractivity contribution in [1.82, 2.24) is 5.32 Å². The molecule has 0 saturated heterocycles. The van der Waals surface area contributed by atoms with Gasteiger partial charge in [0.25, 0.3) is 0 Å². The van der Waals surface area contributed by atoms with E-state index in [0.717, 1.165) is 0 Å². The maximum Gasteiger partial charge on any atom is 0.243 e. The Morgan fingerprint density at radius 3 is 2.12 bits per heavy atom. The fourth-order valence-corrected chi connectivity index (χ4v) is 0.944. The number of carbonyl (C=O) groups is 1. The molecule has 0 radical (unpaired) electrons. The lowest BCUT2D eigenvalue weighted by molar-refractivity contribution is -0.116. The summed E-state index contributed by atoms with van der Waals surface area (Å²) in [4.78, 5) is 10.7. The van der Waals surface area contributed by atoms with Crippen LogP contribution in [0.1, 0.15) is 0 Å². The number of amides is 1. The summed E-state index contributed by atoms with van der Waals surface area (Å²) in [5, 5.41) is 2.60. The molecule has 0 spiro atoms. The Balaban J connectivity index is 2.98. The highest BCUT2D eigenvalue weighted by atomic mass is 16.5. The highest BCUT2D eigenvalue weighted by molar-refractivity contribution is 5.86. The third-order valence-corrected chi connectivity index (χ3v) is 1.74. The van der Waals surface area contributed by atoms with Crippen LogP contribution in [0.15, 0.2) is 12.7 Å². The monoisotopic (exact) mass is 246 g/mol. The summed E-state index contributed by atoms with van der Waals surface area (Å²) in [6, 6.07) is 0. The van der Waals surface area contributed by atoms with E-state index in [1.807, 2.05) is 0 Å². The molecule has 0 atom stereocenters. The number of ether oxygens (including phenoxy) is 3. The summed E-state index contributed by atoms with van der Waals surface area (Å²) in [7, 11) is 0. The third-order valence-electron chi connectivity index (χ3n) is 1.74.